The zero-order valence-electron chi connectivity index (χ0n) is 9.70. The predicted octanol–water partition coefficient (Wildman–Crippen LogP) is 1.70. The van der Waals surface area contributed by atoms with Gasteiger partial charge in [-0.2, -0.15) is 0 Å². The summed E-state index contributed by atoms with van der Waals surface area (Å²) < 4.78 is 0. The lowest BCUT2D eigenvalue weighted by Gasteiger charge is -2.04. The number of anilines is 1. The lowest BCUT2D eigenvalue weighted by Crippen LogP contribution is -2.04. The van der Waals surface area contributed by atoms with E-state index in [2.05, 4.69) is 20.3 Å². The van der Waals surface area contributed by atoms with Crippen LogP contribution in [0, 0.1) is 17.0 Å². The minimum atomic E-state index is -0.482. The molecule has 0 unspecified atom stereocenters. The van der Waals surface area contributed by atoms with E-state index in [1.165, 1.54) is 12.3 Å². The van der Waals surface area contributed by atoms with Gasteiger partial charge in [0.25, 0.3) is 5.69 Å². The van der Waals surface area contributed by atoms with Crippen LogP contribution < -0.4 is 5.32 Å². The molecule has 7 heteroatoms. The van der Waals surface area contributed by atoms with Gasteiger partial charge in [0.15, 0.2) is 0 Å². The molecule has 0 amide bonds. The summed E-state index contributed by atoms with van der Waals surface area (Å²) in [7, 11) is 0. The SMILES string of the molecule is Cc1nccc(CNc2ccc([N+](=O)[O-])cn2)n1. The Kier molecular flexibility index (Phi) is 3.42. The second-order valence-electron chi connectivity index (χ2n) is 3.61. The monoisotopic (exact) mass is 245 g/mol. The number of nitro groups is 1. The van der Waals surface area contributed by atoms with Crippen molar-refractivity contribution >= 4 is 11.5 Å². The molecule has 0 radical (unpaired) electrons. The number of nitrogens with one attached hydrogen (secondary N) is 1. The van der Waals surface area contributed by atoms with E-state index in [9.17, 15) is 10.1 Å². The first kappa shape index (κ1) is 11.9. The fraction of sp³-hybridized carbons (Fsp3) is 0.182. The molecular weight excluding hydrogens is 234 g/mol. The summed E-state index contributed by atoms with van der Waals surface area (Å²) >= 11 is 0. The Bertz CT molecular complexity index is 556. The summed E-state index contributed by atoms with van der Waals surface area (Å²) in [4.78, 5) is 22.1. The molecule has 0 aliphatic rings. The smallest absolute Gasteiger partial charge is 0.287 e. The van der Waals surface area contributed by atoms with Crippen LogP contribution >= 0.6 is 0 Å². The van der Waals surface area contributed by atoms with Crippen molar-refractivity contribution in [3.63, 3.8) is 0 Å². The highest BCUT2D eigenvalue weighted by Crippen LogP contribution is 2.12. The van der Waals surface area contributed by atoms with Crippen molar-refractivity contribution < 1.29 is 4.92 Å². The van der Waals surface area contributed by atoms with E-state index in [0.717, 1.165) is 5.69 Å². The number of aromatic nitrogens is 3. The quantitative estimate of drug-likeness (QED) is 0.650. The summed E-state index contributed by atoms with van der Waals surface area (Å²) in [5, 5.41) is 13.5. The molecule has 18 heavy (non-hydrogen) atoms. The fourth-order valence-corrected chi connectivity index (χ4v) is 1.38. The Morgan fingerprint density at radius 1 is 1.33 bits per heavy atom. The Morgan fingerprint density at radius 2 is 2.17 bits per heavy atom. The van der Waals surface area contributed by atoms with Gasteiger partial charge in [-0.3, -0.25) is 10.1 Å². The largest absolute Gasteiger partial charge is 0.364 e. The van der Waals surface area contributed by atoms with Crippen LogP contribution in [0.15, 0.2) is 30.6 Å². The molecule has 92 valence electrons. The van der Waals surface area contributed by atoms with Crippen LogP contribution in [0.1, 0.15) is 11.5 Å². The van der Waals surface area contributed by atoms with Gasteiger partial charge in [-0.1, -0.05) is 0 Å². The third-order valence-electron chi connectivity index (χ3n) is 2.24. The average Bonchev–Trinajstić information content (AvgIpc) is 2.37. The van der Waals surface area contributed by atoms with Crippen molar-refractivity contribution in [1.82, 2.24) is 15.0 Å². The van der Waals surface area contributed by atoms with Crippen molar-refractivity contribution in [3.05, 3.63) is 52.2 Å². The zero-order chi connectivity index (χ0) is 13.0. The molecule has 2 rings (SSSR count). The van der Waals surface area contributed by atoms with E-state index in [0.29, 0.717) is 18.2 Å². The number of rotatable bonds is 4. The van der Waals surface area contributed by atoms with E-state index >= 15 is 0 Å². The van der Waals surface area contributed by atoms with Gasteiger partial charge in [0.2, 0.25) is 0 Å². The summed E-state index contributed by atoms with van der Waals surface area (Å²) in [5.74, 6) is 1.27. The predicted molar refractivity (Wildman–Crippen MR) is 65.0 cm³/mol. The topological polar surface area (TPSA) is 93.8 Å². The maximum atomic E-state index is 10.5. The van der Waals surface area contributed by atoms with Crippen LogP contribution in [0.5, 0.6) is 0 Å². The number of nitrogens with zero attached hydrogens (tertiary/aromatic N) is 4. The molecule has 7 nitrogen and oxygen atoms in total. The fourth-order valence-electron chi connectivity index (χ4n) is 1.38. The zero-order valence-corrected chi connectivity index (χ0v) is 9.70. The summed E-state index contributed by atoms with van der Waals surface area (Å²) in [6, 6.07) is 4.76. The molecule has 0 fully saturated rings. The first-order valence-electron chi connectivity index (χ1n) is 5.28. The van der Waals surface area contributed by atoms with Crippen molar-refractivity contribution in [1.29, 1.82) is 0 Å². The van der Waals surface area contributed by atoms with Crippen molar-refractivity contribution in [3.8, 4) is 0 Å². The Balaban J connectivity index is 2.00. The lowest BCUT2D eigenvalue weighted by molar-refractivity contribution is -0.385. The molecule has 1 N–H and O–H groups in total. The van der Waals surface area contributed by atoms with Crippen molar-refractivity contribution in [2.24, 2.45) is 0 Å². The molecular formula is C11H11N5O2. The van der Waals surface area contributed by atoms with Gasteiger partial charge in [0.1, 0.15) is 17.8 Å². The highest BCUT2D eigenvalue weighted by Gasteiger charge is 2.05. The lowest BCUT2D eigenvalue weighted by atomic mass is 10.3. The van der Waals surface area contributed by atoms with Crippen LogP contribution in [-0.2, 0) is 6.54 Å². The van der Waals surface area contributed by atoms with Crippen LogP contribution in [0.2, 0.25) is 0 Å². The second-order valence-corrected chi connectivity index (χ2v) is 3.61. The number of pyridine rings is 1. The van der Waals surface area contributed by atoms with Gasteiger partial charge in [0, 0.05) is 12.3 Å². The molecule has 2 aromatic rings. The van der Waals surface area contributed by atoms with Gasteiger partial charge in [-0.05, 0) is 19.1 Å². The Hall–Kier alpha value is -2.57. The molecule has 0 spiro atoms. The third-order valence-corrected chi connectivity index (χ3v) is 2.24. The van der Waals surface area contributed by atoms with Crippen molar-refractivity contribution in [2.75, 3.05) is 5.32 Å². The Labute approximate surface area is 103 Å². The molecule has 0 atom stereocenters. The molecule has 0 bridgehead atoms. The van der Waals surface area contributed by atoms with E-state index in [4.69, 9.17) is 0 Å². The highest BCUT2D eigenvalue weighted by molar-refractivity contribution is 5.40. The maximum Gasteiger partial charge on any atom is 0.287 e. The third kappa shape index (κ3) is 2.97. The van der Waals surface area contributed by atoms with Gasteiger partial charge in [0.05, 0.1) is 17.2 Å². The number of aryl methyl sites for hydroxylation is 1. The molecule has 0 saturated heterocycles. The second kappa shape index (κ2) is 5.17. The van der Waals surface area contributed by atoms with E-state index in [1.807, 2.05) is 6.92 Å². The van der Waals surface area contributed by atoms with Gasteiger partial charge in [-0.15, -0.1) is 0 Å². The van der Waals surface area contributed by atoms with E-state index < -0.39 is 4.92 Å². The Morgan fingerprint density at radius 3 is 2.78 bits per heavy atom. The normalized spacial score (nSPS) is 10.1. The first-order valence-corrected chi connectivity index (χ1v) is 5.28. The molecule has 0 saturated carbocycles. The van der Waals surface area contributed by atoms with Crippen molar-refractivity contribution in [2.45, 2.75) is 13.5 Å². The first-order chi connectivity index (χ1) is 8.65. The van der Waals surface area contributed by atoms with Crippen LogP contribution in [0.3, 0.4) is 0 Å². The highest BCUT2D eigenvalue weighted by atomic mass is 16.6. The van der Waals surface area contributed by atoms with Crippen LogP contribution in [-0.4, -0.2) is 19.9 Å². The molecule has 0 aliphatic heterocycles. The van der Waals surface area contributed by atoms with E-state index in [-0.39, 0.29) is 5.69 Å². The summed E-state index contributed by atoms with van der Waals surface area (Å²) in [6.07, 6.45) is 2.90. The minimum Gasteiger partial charge on any atom is -0.364 e. The standard InChI is InChI=1S/C11H11N5O2/c1-8-12-5-4-9(15-8)6-13-11-3-2-10(7-14-11)16(17)18/h2-5,7H,6H2,1H3,(H,13,14). The van der Waals surface area contributed by atoms with Gasteiger partial charge >= 0.3 is 0 Å². The van der Waals surface area contributed by atoms with Crippen LogP contribution in [0.4, 0.5) is 11.5 Å². The number of hydrogen-bond acceptors (Lipinski definition) is 6. The number of hydrogen-bond donors (Lipinski definition) is 1. The summed E-state index contributed by atoms with van der Waals surface area (Å²) in [5.41, 5.74) is 0.807. The van der Waals surface area contributed by atoms with Gasteiger partial charge in [-0.25, -0.2) is 15.0 Å². The van der Waals surface area contributed by atoms with E-state index in [1.54, 1.807) is 18.3 Å². The molecule has 2 heterocycles. The molecule has 0 aliphatic carbocycles. The average molecular weight is 245 g/mol. The maximum absolute atomic E-state index is 10.5. The summed E-state index contributed by atoms with van der Waals surface area (Å²) in [6.45, 7) is 2.31. The van der Waals surface area contributed by atoms with Gasteiger partial charge < -0.3 is 5.32 Å². The molecule has 0 aromatic carbocycles. The minimum absolute atomic E-state index is 0.0292. The van der Waals surface area contributed by atoms with Crippen LogP contribution in [0.25, 0.3) is 0 Å². The molecule has 2 aromatic heterocycles.